The summed E-state index contributed by atoms with van der Waals surface area (Å²) in [5.74, 6) is -2.09. The number of hydrogen-bond acceptors (Lipinski definition) is 11. The molecular weight excluding hydrogens is 604 g/mol. The molecule has 0 saturated heterocycles. The first-order valence-electron chi connectivity index (χ1n) is 13.8. The Labute approximate surface area is 252 Å². The lowest BCUT2D eigenvalue weighted by molar-refractivity contribution is -0.143. The van der Waals surface area contributed by atoms with E-state index in [-0.39, 0.29) is 49.8 Å². The van der Waals surface area contributed by atoms with Crippen molar-refractivity contribution < 1.29 is 46.2 Å². The predicted molar refractivity (Wildman–Crippen MR) is 162 cm³/mol. The van der Waals surface area contributed by atoms with Gasteiger partial charge in [0.05, 0.1) is 62.3 Å². The number of hydrogen-bond donors (Lipinski definition) is 2. The first-order valence-corrected chi connectivity index (χ1v) is 17.1. The molecule has 0 amide bonds. The average molecular weight is 646 g/mol. The lowest BCUT2D eigenvalue weighted by atomic mass is 9.97. The molecule has 1 heterocycles. The Kier molecular flexibility index (Phi) is 13.9. The van der Waals surface area contributed by atoms with Gasteiger partial charge in [-0.2, -0.15) is 0 Å². The maximum absolute atomic E-state index is 13.8. The number of benzene rings is 1. The highest BCUT2D eigenvalue weighted by molar-refractivity contribution is 7.93. The van der Waals surface area contributed by atoms with Gasteiger partial charge in [-0.25, -0.2) is 27.1 Å². The highest BCUT2D eigenvalue weighted by Crippen LogP contribution is 2.48. The topological polar surface area (TPSA) is 165 Å². The van der Waals surface area contributed by atoms with E-state index in [1.807, 2.05) is 13.8 Å². The van der Waals surface area contributed by atoms with Crippen molar-refractivity contribution in [3.05, 3.63) is 47.4 Å². The average Bonchev–Trinajstić information content (AvgIpc) is 2.94. The SMILES string of the molecule is CCOP(=O)(CCS(=O)(=O)N(C)c1nc(-c2ccc(F)cc2)c(C=C[C@@H](O)C[C@@H](O)CC(=O)OC)c(C(C)C)n1)OCC. The molecule has 0 fully saturated rings. The minimum Gasteiger partial charge on any atom is -0.469 e. The molecule has 2 rings (SSSR count). The summed E-state index contributed by atoms with van der Waals surface area (Å²) in [6.07, 6.45) is -0.172. The number of anilines is 1. The van der Waals surface area contributed by atoms with Crippen molar-refractivity contribution in [1.29, 1.82) is 0 Å². The largest absolute Gasteiger partial charge is 0.469 e. The minimum absolute atomic E-state index is 0.0863. The summed E-state index contributed by atoms with van der Waals surface area (Å²) < 4.78 is 69.2. The van der Waals surface area contributed by atoms with E-state index in [0.717, 1.165) is 4.31 Å². The van der Waals surface area contributed by atoms with Crippen LogP contribution in [0.4, 0.5) is 10.3 Å². The van der Waals surface area contributed by atoms with E-state index in [9.17, 15) is 32.4 Å². The number of aliphatic hydroxyl groups is 2. The number of aliphatic hydroxyl groups excluding tert-OH is 2. The molecule has 0 aliphatic rings. The fourth-order valence-corrected chi connectivity index (χ4v) is 7.56. The van der Waals surface area contributed by atoms with Crippen molar-refractivity contribution >= 4 is 35.6 Å². The van der Waals surface area contributed by atoms with Gasteiger partial charge in [0.2, 0.25) is 16.0 Å². The van der Waals surface area contributed by atoms with E-state index < -0.39 is 47.4 Å². The van der Waals surface area contributed by atoms with Crippen LogP contribution in [0.1, 0.15) is 57.7 Å². The molecule has 0 radical (unpaired) electrons. The van der Waals surface area contributed by atoms with Crippen LogP contribution in [0.5, 0.6) is 0 Å². The van der Waals surface area contributed by atoms with Gasteiger partial charge in [-0.1, -0.05) is 26.0 Å². The van der Waals surface area contributed by atoms with Gasteiger partial charge >= 0.3 is 13.6 Å². The van der Waals surface area contributed by atoms with Crippen molar-refractivity contribution in [2.24, 2.45) is 0 Å². The fourth-order valence-electron chi connectivity index (χ4n) is 4.02. The van der Waals surface area contributed by atoms with E-state index >= 15 is 0 Å². The first-order chi connectivity index (χ1) is 20.2. The molecule has 2 N–H and O–H groups in total. The smallest absolute Gasteiger partial charge is 0.331 e. The lowest BCUT2D eigenvalue weighted by Crippen LogP contribution is -2.32. The molecule has 12 nitrogen and oxygen atoms in total. The predicted octanol–water partition coefficient (Wildman–Crippen LogP) is 4.13. The molecule has 0 aliphatic carbocycles. The van der Waals surface area contributed by atoms with Crippen LogP contribution in [-0.2, 0) is 33.2 Å². The normalized spacial score (nSPS) is 13.8. The second kappa shape index (κ2) is 16.4. The number of carbonyl (C=O) groups is 1. The van der Waals surface area contributed by atoms with Crippen LogP contribution in [0.3, 0.4) is 0 Å². The first kappa shape index (κ1) is 36.5. The Morgan fingerprint density at radius 3 is 2.26 bits per heavy atom. The number of nitrogens with zero attached hydrogens (tertiary/aromatic N) is 3. The zero-order valence-corrected chi connectivity index (χ0v) is 27.0. The molecular formula is C28H41FN3O9PS. The Morgan fingerprint density at radius 1 is 1.12 bits per heavy atom. The number of carbonyl (C=O) groups excluding carboxylic acids is 1. The highest BCUT2D eigenvalue weighted by atomic mass is 32.2. The fraction of sp³-hybridized carbons (Fsp3) is 0.536. The standard InChI is InChI=1S/C28H41FN3O9PS/c1-7-40-42(36,41-8-2)15-16-43(37,38)32(5)28-30-26(19(3)4)24(27(31-28)20-9-11-21(29)12-10-20)14-13-22(33)17-23(34)18-25(35)39-6/h9-14,19,22-23,33-34H,7-8,15-18H2,1-6H3/t22-,23-/m1/s1. The molecule has 0 spiro atoms. The van der Waals surface area contributed by atoms with Crippen LogP contribution in [0, 0.1) is 5.82 Å². The van der Waals surface area contributed by atoms with Crippen molar-refractivity contribution in [2.45, 2.75) is 58.7 Å². The number of esters is 1. The summed E-state index contributed by atoms with van der Waals surface area (Å²) in [6.45, 7) is 7.10. The molecule has 1 aromatic carbocycles. The third kappa shape index (κ3) is 10.7. The van der Waals surface area contributed by atoms with E-state index in [2.05, 4.69) is 14.7 Å². The van der Waals surface area contributed by atoms with Gasteiger partial charge in [-0.3, -0.25) is 9.36 Å². The molecule has 0 unspecified atom stereocenters. The van der Waals surface area contributed by atoms with E-state index in [0.29, 0.717) is 16.8 Å². The van der Waals surface area contributed by atoms with Crippen LogP contribution < -0.4 is 4.31 Å². The highest BCUT2D eigenvalue weighted by Gasteiger charge is 2.31. The number of ether oxygens (including phenoxy) is 1. The second-order valence-electron chi connectivity index (χ2n) is 9.88. The Hall–Kier alpha value is -2.74. The third-order valence-corrected chi connectivity index (χ3v) is 10.3. The summed E-state index contributed by atoms with van der Waals surface area (Å²) >= 11 is 0. The van der Waals surface area contributed by atoms with Gasteiger partial charge < -0.3 is 24.0 Å². The summed E-state index contributed by atoms with van der Waals surface area (Å²) in [5, 5.41) is 20.6. The van der Waals surface area contributed by atoms with Crippen molar-refractivity contribution in [3.63, 3.8) is 0 Å². The maximum atomic E-state index is 13.8. The number of methoxy groups -OCH3 is 1. The van der Waals surface area contributed by atoms with Crippen molar-refractivity contribution in [1.82, 2.24) is 9.97 Å². The van der Waals surface area contributed by atoms with E-state index in [4.69, 9.17) is 9.05 Å². The monoisotopic (exact) mass is 645 g/mol. The Bertz CT molecular complexity index is 1390. The van der Waals surface area contributed by atoms with Crippen LogP contribution >= 0.6 is 7.60 Å². The van der Waals surface area contributed by atoms with Crippen LogP contribution in [0.25, 0.3) is 17.3 Å². The molecule has 1 aromatic heterocycles. The number of rotatable bonds is 17. The third-order valence-electron chi connectivity index (χ3n) is 6.23. The molecule has 0 saturated carbocycles. The Balaban J connectivity index is 2.55. The Morgan fingerprint density at radius 2 is 1.72 bits per heavy atom. The van der Waals surface area contributed by atoms with Gasteiger partial charge in [0.1, 0.15) is 5.82 Å². The summed E-state index contributed by atoms with van der Waals surface area (Å²) in [6, 6.07) is 5.43. The minimum atomic E-state index is -4.10. The number of halogens is 1. The quantitative estimate of drug-likeness (QED) is 0.188. The van der Waals surface area contributed by atoms with E-state index in [1.165, 1.54) is 44.5 Å². The lowest BCUT2D eigenvalue weighted by Gasteiger charge is -2.23. The van der Waals surface area contributed by atoms with Gasteiger partial charge in [0, 0.05) is 24.6 Å². The van der Waals surface area contributed by atoms with Crippen LogP contribution in [0.15, 0.2) is 30.3 Å². The second-order valence-corrected chi connectivity index (χ2v) is 14.2. The molecule has 43 heavy (non-hydrogen) atoms. The van der Waals surface area contributed by atoms with Crippen LogP contribution in [-0.4, -0.2) is 86.1 Å². The number of sulfonamides is 1. The maximum Gasteiger partial charge on any atom is 0.331 e. The summed E-state index contributed by atoms with van der Waals surface area (Å²) in [4.78, 5) is 20.5. The molecule has 0 bridgehead atoms. The molecule has 2 aromatic rings. The molecule has 15 heteroatoms. The van der Waals surface area contributed by atoms with Gasteiger partial charge in [-0.15, -0.1) is 0 Å². The van der Waals surface area contributed by atoms with Gasteiger partial charge in [0.25, 0.3) is 0 Å². The van der Waals surface area contributed by atoms with Crippen LogP contribution in [0.2, 0.25) is 0 Å². The van der Waals surface area contributed by atoms with Crippen molar-refractivity contribution in [2.75, 3.05) is 43.6 Å². The van der Waals surface area contributed by atoms with Gasteiger partial charge in [0.15, 0.2) is 0 Å². The summed E-state index contributed by atoms with van der Waals surface area (Å²) in [5.41, 5.74) is 1.59. The van der Waals surface area contributed by atoms with E-state index in [1.54, 1.807) is 19.9 Å². The zero-order valence-electron chi connectivity index (χ0n) is 25.3. The molecule has 240 valence electrons. The molecule has 0 aliphatic heterocycles. The van der Waals surface area contributed by atoms with Crippen molar-refractivity contribution in [3.8, 4) is 11.3 Å². The summed E-state index contributed by atoms with van der Waals surface area (Å²) in [7, 11) is -5.27. The number of aromatic nitrogens is 2. The zero-order chi connectivity index (χ0) is 32.4. The van der Waals surface area contributed by atoms with Gasteiger partial charge in [-0.05, 0) is 44.0 Å². The molecule has 2 atom stereocenters.